The Bertz CT molecular complexity index is 1150. The lowest BCUT2D eigenvalue weighted by atomic mass is 9.99. The Labute approximate surface area is 189 Å². The Kier molecular flexibility index (Phi) is 5.78. The summed E-state index contributed by atoms with van der Waals surface area (Å²) >= 11 is 0. The predicted octanol–water partition coefficient (Wildman–Crippen LogP) is 5.38. The zero-order valence-electron chi connectivity index (χ0n) is 19.3. The molecule has 0 aliphatic carbocycles. The molecule has 0 spiro atoms. The van der Waals surface area contributed by atoms with E-state index in [0.717, 1.165) is 21.9 Å². The number of benzene rings is 3. The molecule has 166 valence electrons. The van der Waals surface area contributed by atoms with E-state index in [1.165, 1.54) is 0 Å². The van der Waals surface area contributed by atoms with Crippen LogP contribution in [-0.4, -0.2) is 28.5 Å². The van der Waals surface area contributed by atoms with Crippen LogP contribution in [0, 0.1) is 0 Å². The van der Waals surface area contributed by atoms with Gasteiger partial charge in [-0.15, -0.1) is 0 Å². The molecule has 1 N–H and O–H groups in total. The van der Waals surface area contributed by atoms with Crippen molar-refractivity contribution in [2.45, 2.75) is 58.5 Å². The highest BCUT2D eigenvalue weighted by molar-refractivity contribution is 5.95. The van der Waals surface area contributed by atoms with E-state index >= 15 is 0 Å². The third-order valence-electron chi connectivity index (χ3n) is 6.08. The lowest BCUT2D eigenvalue weighted by Crippen LogP contribution is -2.46. The molecule has 0 aromatic heterocycles. The maximum Gasteiger partial charge on any atom is 0.258 e. The van der Waals surface area contributed by atoms with Crippen molar-refractivity contribution in [2.24, 2.45) is 0 Å². The van der Waals surface area contributed by atoms with Crippen LogP contribution in [0.25, 0.3) is 10.8 Å². The fraction of sp³-hybridized carbons (Fsp3) is 0.333. The van der Waals surface area contributed by atoms with Crippen molar-refractivity contribution < 1.29 is 14.3 Å². The molecule has 1 aliphatic rings. The molecule has 0 saturated carbocycles. The van der Waals surface area contributed by atoms with E-state index in [-0.39, 0.29) is 23.9 Å². The quantitative estimate of drug-likeness (QED) is 0.592. The first-order valence-corrected chi connectivity index (χ1v) is 11.1. The van der Waals surface area contributed by atoms with Crippen molar-refractivity contribution in [2.75, 3.05) is 0 Å². The van der Waals surface area contributed by atoms with Gasteiger partial charge >= 0.3 is 0 Å². The first-order chi connectivity index (χ1) is 15.2. The third kappa shape index (κ3) is 4.00. The van der Waals surface area contributed by atoms with Crippen LogP contribution in [-0.2, 0) is 9.53 Å². The molecule has 5 heteroatoms. The van der Waals surface area contributed by atoms with Gasteiger partial charge in [-0.1, -0.05) is 54.6 Å². The maximum absolute atomic E-state index is 12.9. The normalized spacial score (nSPS) is 18.9. The number of nitrogens with zero attached hydrogens (tertiary/aromatic N) is 1. The molecule has 4 rings (SSSR count). The second-order valence-corrected chi connectivity index (χ2v) is 9.13. The fourth-order valence-corrected chi connectivity index (χ4v) is 4.67. The van der Waals surface area contributed by atoms with Gasteiger partial charge in [0.2, 0.25) is 0 Å². The maximum atomic E-state index is 12.9. The Morgan fingerprint density at radius 2 is 1.62 bits per heavy atom. The molecule has 1 fully saturated rings. The number of carbonyl (C=O) groups is 2. The van der Waals surface area contributed by atoms with Crippen molar-refractivity contribution >= 4 is 22.6 Å². The van der Waals surface area contributed by atoms with Crippen LogP contribution in [0.5, 0.6) is 0 Å². The molecular formula is C27H30N2O3. The molecule has 5 nitrogen and oxygen atoms in total. The summed E-state index contributed by atoms with van der Waals surface area (Å²) in [5.74, 6) is -0.202. The number of hydrogen-bond acceptors (Lipinski definition) is 3. The summed E-state index contributed by atoms with van der Waals surface area (Å²) in [4.78, 5) is 27.6. The number of hydrogen-bond donors (Lipinski definition) is 1. The number of ether oxygens (including phenoxy) is 1. The fourth-order valence-electron chi connectivity index (χ4n) is 4.67. The first kappa shape index (κ1) is 22.0. The summed E-state index contributed by atoms with van der Waals surface area (Å²) in [6.45, 7) is 9.76. The monoisotopic (exact) mass is 430 g/mol. The summed E-state index contributed by atoms with van der Waals surface area (Å²) in [5.41, 5.74) is 1.71. The highest BCUT2D eigenvalue weighted by Crippen LogP contribution is 2.38. The summed E-state index contributed by atoms with van der Waals surface area (Å²) in [6.07, 6.45) is -0.654. The molecule has 3 aromatic carbocycles. The highest BCUT2D eigenvalue weighted by Gasteiger charge is 2.47. The Balaban J connectivity index is 1.50. The summed E-state index contributed by atoms with van der Waals surface area (Å²) in [5, 5.41) is 5.37. The second-order valence-electron chi connectivity index (χ2n) is 9.13. The van der Waals surface area contributed by atoms with Gasteiger partial charge in [-0.05, 0) is 68.7 Å². The van der Waals surface area contributed by atoms with Crippen LogP contribution in [0.1, 0.15) is 68.2 Å². The molecule has 0 radical (unpaired) electrons. The Morgan fingerprint density at radius 1 is 0.969 bits per heavy atom. The van der Waals surface area contributed by atoms with E-state index in [0.29, 0.717) is 5.56 Å². The number of nitrogens with one attached hydrogen (secondary N) is 1. The number of rotatable bonds is 5. The topological polar surface area (TPSA) is 58.6 Å². The highest BCUT2D eigenvalue weighted by atomic mass is 16.5. The van der Waals surface area contributed by atoms with Crippen molar-refractivity contribution in [1.29, 1.82) is 0 Å². The molecule has 2 amide bonds. The van der Waals surface area contributed by atoms with Crippen LogP contribution in [0.15, 0.2) is 66.7 Å². The van der Waals surface area contributed by atoms with Gasteiger partial charge in [0.05, 0.1) is 6.04 Å². The lowest BCUT2D eigenvalue weighted by molar-refractivity contribution is -0.134. The summed E-state index contributed by atoms with van der Waals surface area (Å²) in [6, 6.07) is 21.3. The van der Waals surface area contributed by atoms with Crippen molar-refractivity contribution in [1.82, 2.24) is 10.2 Å². The van der Waals surface area contributed by atoms with E-state index in [1.807, 2.05) is 58.9 Å². The molecule has 1 saturated heterocycles. The van der Waals surface area contributed by atoms with Crippen LogP contribution >= 0.6 is 0 Å². The molecular weight excluding hydrogens is 400 g/mol. The molecule has 3 aromatic rings. The van der Waals surface area contributed by atoms with Crippen LogP contribution in [0.4, 0.5) is 0 Å². The summed E-state index contributed by atoms with van der Waals surface area (Å²) in [7, 11) is 0. The predicted molar refractivity (Wildman–Crippen MR) is 126 cm³/mol. The van der Waals surface area contributed by atoms with Gasteiger partial charge in [-0.3, -0.25) is 9.59 Å². The second kappa shape index (κ2) is 8.40. The van der Waals surface area contributed by atoms with Gasteiger partial charge in [0.25, 0.3) is 11.8 Å². The average Bonchev–Trinajstić information content (AvgIpc) is 3.01. The SMILES string of the molecule is CC(C)N1C(=O)C(c2ccc(C(=O)N[C@@H](C)c3cccc4ccccc34)cc2)OC1(C)C. The van der Waals surface area contributed by atoms with Crippen LogP contribution < -0.4 is 5.32 Å². The largest absolute Gasteiger partial charge is 0.345 e. The van der Waals surface area contributed by atoms with Gasteiger partial charge < -0.3 is 15.0 Å². The Hall–Kier alpha value is -3.18. The minimum Gasteiger partial charge on any atom is -0.345 e. The van der Waals surface area contributed by atoms with Crippen LogP contribution in [0.3, 0.4) is 0 Å². The third-order valence-corrected chi connectivity index (χ3v) is 6.08. The molecule has 1 aliphatic heterocycles. The van der Waals surface area contributed by atoms with Crippen molar-refractivity contribution in [3.05, 3.63) is 83.4 Å². The minimum atomic E-state index is -0.667. The molecule has 1 unspecified atom stereocenters. The molecule has 2 atom stereocenters. The standard InChI is InChI=1S/C27H30N2O3/c1-17(2)29-26(31)24(32-27(29,4)5)20-13-15-21(16-14-20)25(30)28-18(3)22-12-8-10-19-9-6-7-11-23(19)22/h6-18,24H,1-5H3,(H,28,30)/t18-,24?/m0/s1. The van der Waals surface area contributed by atoms with E-state index in [2.05, 4.69) is 23.5 Å². The average molecular weight is 431 g/mol. The van der Waals surface area contributed by atoms with E-state index in [4.69, 9.17) is 4.74 Å². The Morgan fingerprint density at radius 3 is 2.28 bits per heavy atom. The number of carbonyl (C=O) groups excluding carboxylic acids is 2. The zero-order chi connectivity index (χ0) is 23.0. The van der Waals surface area contributed by atoms with E-state index < -0.39 is 11.8 Å². The van der Waals surface area contributed by atoms with Gasteiger partial charge in [0.1, 0.15) is 5.72 Å². The van der Waals surface area contributed by atoms with Crippen molar-refractivity contribution in [3.8, 4) is 0 Å². The van der Waals surface area contributed by atoms with E-state index in [1.54, 1.807) is 29.2 Å². The van der Waals surface area contributed by atoms with Gasteiger partial charge in [-0.25, -0.2) is 0 Å². The molecule has 0 bridgehead atoms. The lowest BCUT2D eigenvalue weighted by Gasteiger charge is -2.32. The van der Waals surface area contributed by atoms with Gasteiger partial charge in [-0.2, -0.15) is 0 Å². The molecule has 1 heterocycles. The van der Waals surface area contributed by atoms with E-state index in [9.17, 15) is 9.59 Å². The molecule has 32 heavy (non-hydrogen) atoms. The zero-order valence-corrected chi connectivity index (χ0v) is 19.3. The number of amides is 2. The summed E-state index contributed by atoms with van der Waals surface area (Å²) < 4.78 is 6.06. The van der Waals surface area contributed by atoms with Gasteiger partial charge in [0.15, 0.2) is 6.10 Å². The number of fused-ring (bicyclic) bond motifs is 1. The minimum absolute atomic E-state index is 0.0445. The van der Waals surface area contributed by atoms with Crippen molar-refractivity contribution in [3.63, 3.8) is 0 Å². The first-order valence-electron chi connectivity index (χ1n) is 11.1. The van der Waals surface area contributed by atoms with Crippen LogP contribution in [0.2, 0.25) is 0 Å². The smallest absolute Gasteiger partial charge is 0.258 e. The van der Waals surface area contributed by atoms with Gasteiger partial charge in [0, 0.05) is 11.6 Å².